The number of anilines is 1. The third-order valence-corrected chi connectivity index (χ3v) is 4.48. The Hall–Kier alpha value is -3.37. The van der Waals surface area contributed by atoms with Crippen LogP contribution in [0.15, 0.2) is 34.5 Å². The molecule has 0 amide bonds. The lowest BCUT2D eigenvalue weighted by Gasteiger charge is -2.11. The number of benzene rings is 1. The predicted octanol–water partition coefficient (Wildman–Crippen LogP) is 2.27. The van der Waals surface area contributed by atoms with Crippen molar-refractivity contribution >= 4 is 34.7 Å². The second-order valence-electron chi connectivity index (χ2n) is 6.26. The van der Waals surface area contributed by atoms with Crippen molar-refractivity contribution in [2.75, 3.05) is 12.8 Å². The molecule has 0 radical (unpaired) electrons. The molecule has 1 aliphatic rings. The van der Waals surface area contributed by atoms with Crippen LogP contribution in [-0.2, 0) is 0 Å². The zero-order valence-electron chi connectivity index (χ0n) is 14.8. The molecule has 148 valence electrons. The normalized spacial score (nSPS) is 20.6. The SMILES string of the molecule is COc1cccc2c(N=C(N)C3CC3/C(C=N)=C(/N)C(F)(F)F)nc(N)nc12. The smallest absolute Gasteiger partial charge is 0.431 e. The van der Waals surface area contributed by atoms with E-state index in [1.165, 1.54) is 7.11 Å². The van der Waals surface area contributed by atoms with Gasteiger partial charge in [0.25, 0.3) is 0 Å². The van der Waals surface area contributed by atoms with Gasteiger partial charge in [0.05, 0.1) is 7.11 Å². The number of hydrogen-bond donors (Lipinski definition) is 4. The summed E-state index contributed by atoms with van der Waals surface area (Å²) >= 11 is 0. The first kappa shape index (κ1) is 19.4. The first-order valence-corrected chi connectivity index (χ1v) is 8.19. The molecule has 7 N–H and O–H groups in total. The Labute approximate surface area is 157 Å². The number of rotatable bonds is 5. The minimum Gasteiger partial charge on any atom is -0.494 e. The molecule has 28 heavy (non-hydrogen) atoms. The molecule has 2 aromatic rings. The maximum Gasteiger partial charge on any atom is 0.431 e. The van der Waals surface area contributed by atoms with Gasteiger partial charge in [0, 0.05) is 23.1 Å². The molecular formula is C17H18F3N7O. The molecule has 11 heteroatoms. The Morgan fingerprint density at radius 3 is 2.61 bits per heavy atom. The van der Waals surface area contributed by atoms with E-state index in [0.717, 1.165) is 0 Å². The fraction of sp³-hybridized carbons (Fsp3) is 0.294. The first-order chi connectivity index (χ1) is 13.2. The van der Waals surface area contributed by atoms with Crippen LogP contribution < -0.4 is 21.9 Å². The number of alkyl halides is 3. The van der Waals surface area contributed by atoms with Crippen molar-refractivity contribution in [2.24, 2.45) is 28.3 Å². The first-order valence-electron chi connectivity index (χ1n) is 8.19. The van der Waals surface area contributed by atoms with Crippen LogP contribution in [-0.4, -0.2) is 35.3 Å². The van der Waals surface area contributed by atoms with E-state index in [2.05, 4.69) is 15.0 Å². The van der Waals surface area contributed by atoms with Crippen LogP contribution in [0.25, 0.3) is 10.9 Å². The lowest BCUT2D eigenvalue weighted by atomic mass is 10.1. The molecule has 1 aromatic heterocycles. The Morgan fingerprint density at radius 1 is 1.29 bits per heavy atom. The largest absolute Gasteiger partial charge is 0.494 e. The number of amidine groups is 1. The summed E-state index contributed by atoms with van der Waals surface area (Å²) in [6, 6.07) is 5.12. The highest BCUT2D eigenvalue weighted by Crippen LogP contribution is 2.46. The minimum absolute atomic E-state index is 0.0442. The molecule has 1 fully saturated rings. The number of hydrogen-bond acceptors (Lipinski definition) is 7. The highest BCUT2D eigenvalue weighted by atomic mass is 19.4. The molecule has 1 aliphatic carbocycles. The Morgan fingerprint density at radius 2 is 2.00 bits per heavy atom. The van der Waals surface area contributed by atoms with E-state index in [1.807, 2.05) is 0 Å². The third kappa shape index (κ3) is 3.55. The summed E-state index contributed by atoms with van der Waals surface area (Å²) in [5.41, 5.74) is 15.8. The van der Waals surface area contributed by atoms with E-state index >= 15 is 0 Å². The van der Waals surface area contributed by atoms with Gasteiger partial charge < -0.3 is 27.3 Å². The van der Waals surface area contributed by atoms with Crippen molar-refractivity contribution in [1.29, 1.82) is 5.41 Å². The molecule has 1 aromatic carbocycles. The average Bonchev–Trinajstić information content (AvgIpc) is 3.41. The monoisotopic (exact) mass is 393 g/mol. The zero-order chi connectivity index (χ0) is 20.6. The van der Waals surface area contributed by atoms with Crippen LogP contribution in [0.4, 0.5) is 24.9 Å². The molecule has 0 aliphatic heterocycles. The summed E-state index contributed by atoms with van der Waals surface area (Å²) in [6.07, 6.45) is -3.79. The molecule has 2 atom stereocenters. The maximum absolute atomic E-state index is 12.8. The van der Waals surface area contributed by atoms with Crippen LogP contribution >= 0.6 is 0 Å². The van der Waals surface area contributed by atoms with Crippen molar-refractivity contribution in [3.8, 4) is 5.75 Å². The predicted molar refractivity (Wildman–Crippen MR) is 99.4 cm³/mol. The maximum atomic E-state index is 12.8. The van der Waals surface area contributed by atoms with Gasteiger partial charge in [-0.15, -0.1) is 0 Å². The van der Waals surface area contributed by atoms with Crippen molar-refractivity contribution in [3.63, 3.8) is 0 Å². The number of nitrogens with two attached hydrogens (primary N) is 3. The van der Waals surface area contributed by atoms with Crippen LogP contribution in [0.2, 0.25) is 0 Å². The number of aromatic nitrogens is 2. The number of nitrogen functional groups attached to an aromatic ring is 1. The minimum atomic E-state index is -4.71. The van der Waals surface area contributed by atoms with Crippen molar-refractivity contribution in [2.45, 2.75) is 12.6 Å². The van der Waals surface area contributed by atoms with Crippen molar-refractivity contribution in [3.05, 3.63) is 29.5 Å². The van der Waals surface area contributed by atoms with Gasteiger partial charge in [-0.3, -0.25) is 0 Å². The van der Waals surface area contributed by atoms with Crippen LogP contribution in [0, 0.1) is 17.2 Å². The van der Waals surface area contributed by atoms with E-state index in [1.54, 1.807) is 18.2 Å². The molecule has 0 bridgehead atoms. The molecule has 8 nitrogen and oxygen atoms in total. The van der Waals surface area contributed by atoms with Crippen molar-refractivity contribution in [1.82, 2.24) is 9.97 Å². The van der Waals surface area contributed by atoms with Gasteiger partial charge in [-0.05, 0) is 24.5 Å². The molecule has 2 unspecified atom stereocenters. The van der Waals surface area contributed by atoms with Gasteiger partial charge in [0.2, 0.25) is 5.95 Å². The van der Waals surface area contributed by atoms with E-state index < -0.39 is 23.7 Å². The number of allylic oxidation sites excluding steroid dienone is 2. The third-order valence-electron chi connectivity index (χ3n) is 4.48. The Kier molecular flexibility index (Phi) is 4.84. The van der Waals surface area contributed by atoms with Crippen LogP contribution in [0.3, 0.4) is 0 Å². The average molecular weight is 393 g/mol. The number of nitrogens with one attached hydrogen (secondary N) is 1. The van der Waals surface area contributed by atoms with E-state index in [0.29, 0.717) is 29.3 Å². The molecule has 1 heterocycles. The summed E-state index contributed by atoms with van der Waals surface area (Å²) in [5, 5.41) is 7.81. The second kappa shape index (κ2) is 6.98. The van der Waals surface area contributed by atoms with Gasteiger partial charge in [0.15, 0.2) is 5.82 Å². The number of nitrogens with zero attached hydrogens (tertiary/aromatic N) is 3. The highest BCUT2D eigenvalue weighted by molar-refractivity contribution is 5.97. The zero-order valence-corrected chi connectivity index (χ0v) is 14.8. The second-order valence-corrected chi connectivity index (χ2v) is 6.26. The van der Waals surface area contributed by atoms with Gasteiger partial charge in [-0.2, -0.15) is 18.2 Å². The number of halogens is 3. The molecule has 3 rings (SSSR count). The number of ether oxygens (including phenoxy) is 1. The summed E-state index contributed by atoms with van der Waals surface area (Å²) in [7, 11) is 1.48. The summed E-state index contributed by atoms with van der Waals surface area (Å²) in [5.74, 6) is -0.400. The quantitative estimate of drug-likeness (QED) is 0.452. The highest BCUT2D eigenvalue weighted by Gasteiger charge is 2.46. The lowest BCUT2D eigenvalue weighted by Crippen LogP contribution is -2.24. The van der Waals surface area contributed by atoms with Gasteiger partial charge in [-0.1, -0.05) is 6.07 Å². The number of aliphatic imine (C=N–C) groups is 1. The lowest BCUT2D eigenvalue weighted by molar-refractivity contribution is -0.0933. The van der Waals surface area contributed by atoms with Crippen LogP contribution in [0.5, 0.6) is 5.75 Å². The number of fused-ring (bicyclic) bond motifs is 1. The molecule has 0 spiro atoms. The Bertz CT molecular complexity index is 1000. The number of methoxy groups -OCH3 is 1. The van der Waals surface area contributed by atoms with Gasteiger partial charge >= 0.3 is 6.18 Å². The van der Waals surface area contributed by atoms with E-state index in [4.69, 9.17) is 27.3 Å². The Balaban J connectivity index is 1.97. The molecule has 0 saturated heterocycles. The van der Waals surface area contributed by atoms with Crippen LogP contribution in [0.1, 0.15) is 6.42 Å². The number of para-hydroxylation sites is 1. The van der Waals surface area contributed by atoms with E-state index in [-0.39, 0.29) is 23.2 Å². The topological polar surface area (TPSA) is 149 Å². The van der Waals surface area contributed by atoms with Gasteiger partial charge in [0.1, 0.15) is 22.8 Å². The fourth-order valence-electron chi connectivity index (χ4n) is 3.00. The van der Waals surface area contributed by atoms with Crippen molar-refractivity contribution < 1.29 is 17.9 Å². The standard InChI is InChI=1S/C17H18F3N7O/c1-28-11-4-2-3-7-12(11)25-16(24)27-15(7)26-14(23)9-5-8(9)10(6-21)13(22)17(18,19)20/h2-4,6,8-9,21H,5,22H2,1H3,(H4,23,24,25,26,27)/b13-10+,21-6?. The summed E-state index contributed by atoms with van der Waals surface area (Å²) in [4.78, 5) is 12.5. The molecule has 1 saturated carbocycles. The van der Waals surface area contributed by atoms with Gasteiger partial charge in [-0.25, -0.2) is 9.98 Å². The summed E-state index contributed by atoms with van der Waals surface area (Å²) in [6.45, 7) is 0. The fourth-order valence-corrected chi connectivity index (χ4v) is 3.00. The molecular weight excluding hydrogens is 375 g/mol. The summed E-state index contributed by atoms with van der Waals surface area (Å²) < 4.78 is 43.8. The van der Waals surface area contributed by atoms with E-state index in [9.17, 15) is 13.2 Å².